The third-order valence-corrected chi connectivity index (χ3v) is 7.30. The molecule has 0 saturated carbocycles. The van der Waals surface area contributed by atoms with Crippen LogP contribution in [0.1, 0.15) is 61.3 Å². The predicted molar refractivity (Wildman–Crippen MR) is 189 cm³/mol. The minimum Gasteiger partial charge on any atom is -0.469 e. The zero-order valence-corrected chi connectivity index (χ0v) is 28.7. The molecule has 0 radical (unpaired) electrons. The van der Waals surface area contributed by atoms with Gasteiger partial charge in [-0.2, -0.15) is 0 Å². The second-order valence-corrected chi connectivity index (χ2v) is 11.3. The Morgan fingerprint density at radius 3 is 1.78 bits per heavy atom. The molecule has 11 nitrogen and oxygen atoms in total. The second-order valence-electron chi connectivity index (χ2n) is 9.20. The first-order valence-electron chi connectivity index (χ1n) is 13.5. The molecule has 2 amide bonds. The number of hydroxylamine groups is 1. The third kappa shape index (κ3) is 23.6. The molecule has 0 bridgehead atoms. The first-order chi connectivity index (χ1) is 20.5. The SMILES string of the molecule is C.C.CN(CCCC(=O)NO)CCNC(=O)c1ccccc1Br.COC(=O)CCCN(C)CCN.O=C(Cl)c1ccccc1Br. The Morgan fingerprint density at radius 1 is 0.844 bits per heavy atom. The van der Waals surface area contributed by atoms with Crippen LogP contribution >= 0.6 is 43.5 Å². The van der Waals surface area contributed by atoms with Crippen molar-refractivity contribution in [2.24, 2.45) is 5.73 Å². The summed E-state index contributed by atoms with van der Waals surface area (Å²) in [5.41, 5.74) is 8.07. The first-order valence-corrected chi connectivity index (χ1v) is 15.5. The number of esters is 1. The molecular weight excluding hydrogens is 734 g/mol. The van der Waals surface area contributed by atoms with E-state index in [9.17, 15) is 19.2 Å². The van der Waals surface area contributed by atoms with Crippen LogP contribution in [0.2, 0.25) is 0 Å². The molecule has 0 aliphatic rings. The van der Waals surface area contributed by atoms with E-state index in [2.05, 4.69) is 46.8 Å². The Morgan fingerprint density at radius 2 is 1.33 bits per heavy atom. The first kappa shape index (κ1) is 47.0. The van der Waals surface area contributed by atoms with Crippen molar-refractivity contribution in [2.75, 3.05) is 60.5 Å². The van der Waals surface area contributed by atoms with Crippen molar-refractivity contribution in [1.82, 2.24) is 20.6 Å². The van der Waals surface area contributed by atoms with E-state index in [1.165, 1.54) is 7.11 Å². The summed E-state index contributed by atoms with van der Waals surface area (Å²) < 4.78 is 6.01. The Balaban J connectivity index is -0.000000627. The zero-order chi connectivity index (χ0) is 32.6. The number of nitrogens with one attached hydrogen (secondary N) is 2. The minimum atomic E-state index is -0.438. The summed E-state index contributed by atoms with van der Waals surface area (Å²) in [6.45, 7) is 4.38. The van der Waals surface area contributed by atoms with E-state index in [4.69, 9.17) is 22.5 Å². The number of halogens is 3. The lowest BCUT2D eigenvalue weighted by molar-refractivity contribution is -0.140. The largest absolute Gasteiger partial charge is 0.469 e. The van der Waals surface area contributed by atoms with E-state index >= 15 is 0 Å². The number of likely N-dealkylation sites (N-methyl/N-ethyl adjacent to an activating group) is 2. The van der Waals surface area contributed by atoms with Gasteiger partial charge < -0.3 is 25.6 Å². The van der Waals surface area contributed by atoms with Gasteiger partial charge in [-0.15, -0.1) is 0 Å². The van der Waals surface area contributed by atoms with Gasteiger partial charge >= 0.3 is 5.97 Å². The topological polar surface area (TPSA) is 154 Å². The van der Waals surface area contributed by atoms with Gasteiger partial charge in [0.25, 0.3) is 11.1 Å². The summed E-state index contributed by atoms with van der Waals surface area (Å²) in [7, 11) is 5.32. The maximum Gasteiger partial charge on any atom is 0.305 e. The fourth-order valence-electron chi connectivity index (χ4n) is 3.33. The molecule has 0 unspecified atom stereocenters. The molecule has 2 rings (SSSR count). The van der Waals surface area contributed by atoms with Gasteiger partial charge in [-0.25, -0.2) is 5.48 Å². The monoisotopic (exact) mass is 781 g/mol. The van der Waals surface area contributed by atoms with Crippen LogP contribution in [0, 0.1) is 0 Å². The summed E-state index contributed by atoms with van der Waals surface area (Å²) in [5, 5.41) is 10.8. The van der Waals surface area contributed by atoms with E-state index in [1.807, 2.05) is 43.3 Å². The molecule has 14 heteroatoms. The molecule has 2 aromatic carbocycles. The van der Waals surface area contributed by atoms with Crippen molar-refractivity contribution in [1.29, 1.82) is 0 Å². The van der Waals surface area contributed by atoms with E-state index in [1.54, 1.807) is 29.7 Å². The number of nitrogens with two attached hydrogens (primary N) is 1. The van der Waals surface area contributed by atoms with Gasteiger partial charge in [-0.05, 0) is 91.8 Å². The molecule has 0 fully saturated rings. The van der Waals surface area contributed by atoms with Gasteiger partial charge in [0.2, 0.25) is 5.91 Å². The maximum atomic E-state index is 11.9. The number of rotatable bonds is 15. The lowest BCUT2D eigenvalue weighted by Crippen LogP contribution is -2.33. The minimum absolute atomic E-state index is 0. The number of nitrogens with zero attached hydrogens (tertiary/aromatic N) is 2. The Hall–Kier alpha value is -2.39. The molecule has 256 valence electrons. The summed E-state index contributed by atoms with van der Waals surface area (Å²) in [4.78, 5) is 48.2. The molecular formula is C31H50Br2ClN5O6. The molecule has 0 heterocycles. The Kier molecular flexibility index (Phi) is 30.3. The molecule has 0 aliphatic heterocycles. The number of ether oxygens (including phenoxy) is 1. The van der Waals surface area contributed by atoms with Gasteiger partial charge in [0.05, 0.1) is 12.7 Å². The van der Waals surface area contributed by atoms with Crippen molar-refractivity contribution >= 4 is 66.5 Å². The van der Waals surface area contributed by atoms with E-state index in [0.717, 1.165) is 35.0 Å². The smallest absolute Gasteiger partial charge is 0.305 e. The summed E-state index contributed by atoms with van der Waals surface area (Å²) in [6, 6.07) is 14.3. The Bertz CT molecular complexity index is 1130. The van der Waals surface area contributed by atoms with Crippen LogP contribution in [-0.4, -0.2) is 98.5 Å². The maximum absolute atomic E-state index is 11.9. The predicted octanol–water partition coefficient (Wildman–Crippen LogP) is 5.33. The molecule has 0 atom stereocenters. The molecule has 0 spiro atoms. The highest BCUT2D eigenvalue weighted by Gasteiger charge is 2.09. The highest BCUT2D eigenvalue weighted by molar-refractivity contribution is 9.10. The van der Waals surface area contributed by atoms with Crippen molar-refractivity contribution in [3.05, 3.63) is 68.6 Å². The van der Waals surface area contributed by atoms with E-state index < -0.39 is 5.24 Å². The molecule has 0 saturated heterocycles. The fourth-order valence-corrected chi connectivity index (χ4v) is 4.53. The van der Waals surface area contributed by atoms with Gasteiger partial charge in [0.15, 0.2) is 0 Å². The lowest BCUT2D eigenvalue weighted by atomic mass is 10.2. The zero-order valence-electron chi connectivity index (χ0n) is 24.8. The number of hydrogen-bond donors (Lipinski definition) is 4. The molecule has 5 N–H and O–H groups in total. The summed E-state index contributed by atoms with van der Waals surface area (Å²) >= 11 is 11.8. The van der Waals surface area contributed by atoms with Crippen LogP contribution in [0.15, 0.2) is 57.5 Å². The average molecular weight is 784 g/mol. The van der Waals surface area contributed by atoms with E-state index in [-0.39, 0.29) is 39.1 Å². The fraction of sp³-hybridized carbons (Fsp3) is 0.484. The van der Waals surface area contributed by atoms with Crippen LogP contribution in [0.5, 0.6) is 0 Å². The van der Waals surface area contributed by atoms with Crippen LogP contribution < -0.4 is 16.5 Å². The van der Waals surface area contributed by atoms with Crippen LogP contribution in [-0.2, 0) is 14.3 Å². The average Bonchev–Trinajstić information content (AvgIpc) is 2.98. The normalized spacial score (nSPS) is 9.73. The van der Waals surface area contributed by atoms with Crippen molar-refractivity contribution < 1.29 is 29.1 Å². The second kappa shape index (κ2) is 29.0. The Labute approximate surface area is 290 Å². The number of carbonyl (C=O) groups excluding carboxylic acids is 4. The van der Waals surface area contributed by atoms with Crippen LogP contribution in [0.25, 0.3) is 0 Å². The number of amides is 2. The lowest BCUT2D eigenvalue weighted by Gasteiger charge is -2.16. The van der Waals surface area contributed by atoms with Gasteiger partial charge in [0, 0.05) is 53.5 Å². The van der Waals surface area contributed by atoms with Crippen LogP contribution in [0.3, 0.4) is 0 Å². The van der Waals surface area contributed by atoms with Gasteiger partial charge in [-0.1, -0.05) is 55.0 Å². The van der Waals surface area contributed by atoms with Gasteiger partial charge in [-0.3, -0.25) is 24.4 Å². The number of benzene rings is 2. The number of carbonyl (C=O) groups is 4. The highest BCUT2D eigenvalue weighted by atomic mass is 79.9. The number of methoxy groups -OCH3 is 1. The summed E-state index contributed by atoms with van der Waals surface area (Å²) in [5.74, 6) is -0.641. The third-order valence-electron chi connectivity index (χ3n) is 5.71. The quantitative estimate of drug-likeness (QED) is 0.0813. The molecule has 2 aromatic rings. The molecule has 0 aromatic heterocycles. The highest BCUT2D eigenvalue weighted by Crippen LogP contribution is 2.17. The van der Waals surface area contributed by atoms with Crippen LogP contribution in [0.4, 0.5) is 0 Å². The standard InChI is InChI=1S/C14H20BrN3O3.C8H18N2O2.C7H4BrClO.2CH4/c1-18(9-4-7-13(19)17-21)10-8-16-14(20)11-5-2-3-6-12(11)15;1-10(7-5-9)6-3-4-8(11)12-2;8-6-4-2-1-3-5(6)7(9)10;;/h2-3,5-6,21H,4,7-10H2,1H3,(H,16,20)(H,17,19);3-7,9H2,1-2H3;1-4H;2*1H4. The van der Waals surface area contributed by atoms with E-state index in [0.29, 0.717) is 43.6 Å². The molecule has 45 heavy (non-hydrogen) atoms. The van der Waals surface area contributed by atoms with Crippen molar-refractivity contribution in [3.63, 3.8) is 0 Å². The molecule has 0 aliphatic carbocycles. The summed E-state index contributed by atoms with van der Waals surface area (Å²) in [6.07, 6.45) is 2.26. The number of hydrogen-bond acceptors (Lipinski definition) is 9. The van der Waals surface area contributed by atoms with Crippen molar-refractivity contribution in [2.45, 2.75) is 40.5 Å². The van der Waals surface area contributed by atoms with Crippen molar-refractivity contribution in [3.8, 4) is 0 Å². The van der Waals surface area contributed by atoms with Gasteiger partial charge in [0.1, 0.15) is 0 Å².